The number of hydrogen-bond donors (Lipinski definition) is 4. The number of carbonyl (C=O) groups is 4. The van der Waals surface area contributed by atoms with Gasteiger partial charge in [0.2, 0.25) is 11.8 Å². The lowest BCUT2D eigenvalue weighted by Gasteiger charge is -2.30. The van der Waals surface area contributed by atoms with Gasteiger partial charge >= 0.3 is 12.2 Å². The monoisotopic (exact) mass is 828 g/mol. The Labute approximate surface area is 346 Å². The summed E-state index contributed by atoms with van der Waals surface area (Å²) in [6, 6.07) is 5.98. The minimum atomic E-state index is -0.748. The number of methoxy groups -OCH3 is 2. The van der Waals surface area contributed by atoms with Crippen LogP contribution in [0, 0.1) is 11.8 Å². The summed E-state index contributed by atoms with van der Waals surface area (Å²) in [5.41, 5.74) is 6.80. The van der Waals surface area contributed by atoms with Crippen molar-refractivity contribution in [3.05, 3.63) is 58.4 Å². The van der Waals surface area contributed by atoms with Crippen molar-refractivity contribution in [2.24, 2.45) is 11.8 Å². The lowest BCUT2D eigenvalue weighted by molar-refractivity contribution is -0.136. The van der Waals surface area contributed by atoms with Crippen LogP contribution in [0.25, 0.3) is 33.6 Å². The van der Waals surface area contributed by atoms with E-state index in [0.29, 0.717) is 61.0 Å². The van der Waals surface area contributed by atoms with Crippen LogP contribution in [0.2, 0.25) is 5.15 Å². The van der Waals surface area contributed by atoms with Crippen molar-refractivity contribution in [2.75, 3.05) is 27.3 Å². The Hall–Kier alpha value is -5.77. The van der Waals surface area contributed by atoms with E-state index in [1.165, 1.54) is 14.2 Å². The molecule has 4 aliphatic heterocycles. The number of imidazole rings is 2. The van der Waals surface area contributed by atoms with Gasteiger partial charge in [-0.15, -0.1) is 0 Å². The van der Waals surface area contributed by atoms with Crippen LogP contribution >= 0.6 is 11.6 Å². The molecule has 4 atom stereocenters. The summed E-state index contributed by atoms with van der Waals surface area (Å²) in [7, 11) is 2.56. The molecule has 8 rings (SSSR count). The molecule has 16 nitrogen and oxygen atoms in total. The maximum atomic E-state index is 13.7. The molecule has 2 aromatic carbocycles. The summed E-state index contributed by atoms with van der Waals surface area (Å²) < 4.78 is 22.4. The van der Waals surface area contributed by atoms with Crippen LogP contribution < -0.4 is 20.1 Å². The van der Waals surface area contributed by atoms with Crippen molar-refractivity contribution in [3.8, 4) is 45.1 Å². The second-order valence-corrected chi connectivity index (χ2v) is 16.5. The summed E-state index contributed by atoms with van der Waals surface area (Å²) in [6.07, 6.45) is 3.52. The third-order valence-electron chi connectivity index (χ3n) is 11.7. The van der Waals surface area contributed by atoms with Gasteiger partial charge in [0.05, 0.1) is 38.2 Å². The molecular formula is C42H49ClN8O8. The van der Waals surface area contributed by atoms with Crippen molar-refractivity contribution >= 4 is 35.6 Å². The zero-order valence-corrected chi connectivity index (χ0v) is 34.7. The zero-order valence-electron chi connectivity index (χ0n) is 33.9. The summed E-state index contributed by atoms with van der Waals surface area (Å²) in [6.45, 7) is 9.23. The molecule has 4 aromatic rings. The van der Waals surface area contributed by atoms with Gasteiger partial charge in [0, 0.05) is 46.5 Å². The van der Waals surface area contributed by atoms with Crippen LogP contribution in [0.4, 0.5) is 9.59 Å². The van der Waals surface area contributed by atoms with Gasteiger partial charge in [0.25, 0.3) is 0 Å². The minimum absolute atomic E-state index is 0.132. The molecule has 59 heavy (non-hydrogen) atoms. The number of ether oxygens (including phenoxy) is 4. The van der Waals surface area contributed by atoms with Gasteiger partial charge in [-0.05, 0) is 61.8 Å². The second-order valence-electron chi connectivity index (χ2n) is 16.2. The molecule has 17 heteroatoms. The highest BCUT2D eigenvalue weighted by Crippen LogP contribution is 2.51. The molecule has 0 radical (unpaired) electrons. The van der Waals surface area contributed by atoms with Crippen LogP contribution in [0.5, 0.6) is 11.5 Å². The first kappa shape index (κ1) is 40.0. The number of H-pyrrole nitrogens is 2. The molecule has 0 saturated carbocycles. The van der Waals surface area contributed by atoms with Crippen molar-refractivity contribution in [1.82, 2.24) is 40.4 Å². The Morgan fingerprint density at radius 3 is 1.80 bits per heavy atom. The first-order chi connectivity index (χ1) is 28.4. The molecule has 2 aromatic heterocycles. The van der Waals surface area contributed by atoms with E-state index < -0.39 is 24.3 Å². The first-order valence-electron chi connectivity index (χ1n) is 20.1. The fourth-order valence-electron chi connectivity index (χ4n) is 8.73. The normalized spacial score (nSPS) is 18.9. The summed E-state index contributed by atoms with van der Waals surface area (Å²) in [5.74, 6) is 2.03. The fourth-order valence-corrected chi connectivity index (χ4v) is 8.98. The first-order valence-corrected chi connectivity index (χ1v) is 20.4. The Morgan fingerprint density at radius 1 is 0.763 bits per heavy atom. The number of benzene rings is 2. The molecular weight excluding hydrogens is 780 g/mol. The lowest BCUT2D eigenvalue weighted by Crippen LogP contribution is -2.51. The Balaban J connectivity index is 1.03. The SMILES string of the molecule is COC(=O)NC(C(=O)N1CCC[C@H]1c1ncc(-c2cc3c4c(c2)OCc2cc(-c5nc([C@@H]6CCCN6C(=O)[C@@H](NC(=O)OC)C(C)C)[nH]c5Cl)cc(c2-4)OC3)[nH]1)C(C)C. The zero-order chi connectivity index (χ0) is 41.7. The van der Waals surface area contributed by atoms with E-state index in [2.05, 4.69) is 26.7 Å². The Bertz CT molecular complexity index is 2250. The van der Waals surface area contributed by atoms with E-state index in [-0.39, 0.29) is 35.7 Å². The highest BCUT2D eigenvalue weighted by atomic mass is 35.5. The van der Waals surface area contributed by atoms with E-state index in [0.717, 1.165) is 64.1 Å². The maximum absolute atomic E-state index is 13.7. The molecule has 4 amide bonds. The largest absolute Gasteiger partial charge is 0.488 e. The highest BCUT2D eigenvalue weighted by molar-refractivity contribution is 6.32. The van der Waals surface area contributed by atoms with Gasteiger partial charge in [0.1, 0.15) is 59.3 Å². The molecule has 2 fully saturated rings. The van der Waals surface area contributed by atoms with E-state index in [1.54, 1.807) is 16.0 Å². The van der Waals surface area contributed by atoms with Crippen LogP contribution in [0.3, 0.4) is 0 Å². The predicted molar refractivity (Wildman–Crippen MR) is 216 cm³/mol. The van der Waals surface area contributed by atoms with Gasteiger partial charge in [-0.3, -0.25) is 9.59 Å². The summed E-state index contributed by atoms with van der Waals surface area (Å²) in [5, 5.41) is 5.73. The highest BCUT2D eigenvalue weighted by Gasteiger charge is 2.40. The van der Waals surface area contributed by atoms with Crippen molar-refractivity contribution in [2.45, 2.75) is 90.8 Å². The average molecular weight is 829 g/mol. The number of nitrogens with zero attached hydrogens (tertiary/aromatic N) is 4. The number of carbonyl (C=O) groups excluding carboxylic acids is 4. The molecule has 0 bridgehead atoms. The van der Waals surface area contributed by atoms with Crippen molar-refractivity contribution in [1.29, 1.82) is 0 Å². The number of aromatic amines is 2. The van der Waals surface area contributed by atoms with E-state index in [1.807, 2.05) is 45.9 Å². The molecule has 312 valence electrons. The number of rotatable bonds is 10. The molecule has 4 N–H and O–H groups in total. The molecule has 0 aliphatic carbocycles. The third-order valence-corrected chi connectivity index (χ3v) is 12.0. The standard InChI is InChI=1S/C42H49ClN8O8/c1-20(2)33(47-41(54)56-5)39(52)50-11-7-9-27(50)37-44-17-26(45-37)22-13-24-18-59-30-16-23(14-25-19-58-29(15-22)31(24)32(25)30)35-36(43)49-38(46-35)28-10-8-12-51(28)40(53)34(21(3)4)48-42(55)57-6/h13-17,20-21,27-28,33-34H,7-12,18-19H2,1-6H3,(H,44,45)(H,46,49)(H,47,54)(H,48,55)/t27-,28-,33?,34-/m0/s1. The van der Waals surface area contributed by atoms with Crippen LogP contribution in [-0.2, 0) is 32.3 Å². The quantitative estimate of drug-likeness (QED) is 0.134. The molecule has 6 heterocycles. The summed E-state index contributed by atoms with van der Waals surface area (Å²) >= 11 is 6.84. The smallest absolute Gasteiger partial charge is 0.407 e. The van der Waals surface area contributed by atoms with Crippen molar-refractivity contribution < 1.29 is 38.1 Å². The minimum Gasteiger partial charge on any atom is -0.488 e. The van der Waals surface area contributed by atoms with Crippen LogP contribution in [-0.4, -0.2) is 93.1 Å². The molecule has 4 aliphatic rings. The lowest BCUT2D eigenvalue weighted by atomic mass is 9.87. The van der Waals surface area contributed by atoms with Crippen molar-refractivity contribution in [3.63, 3.8) is 0 Å². The number of amides is 4. The average Bonchev–Trinajstić information content (AvgIpc) is 4.06. The fraction of sp³-hybridized carbons (Fsp3) is 0.476. The Kier molecular flexibility index (Phi) is 10.9. The van der Waals surface area contributed by atoms with E-state index >= 15 is 0 Å². The van der Waals surface area contributed by atoms with Gasteiger partial charge in [-0.1, -0.05) is 39.3 Å². The van der Waals surface area contributed by atoms with Gasteiger partial charge in [0.15, 0.2) is 0 Å². The number of likely N-dealkylation sites (tertiary alicyclic amines) is 2. The third kappa shape index (κ3) is 7.42. The van der Waals surface area contributed by atoms with Gasteiger partial charge < -0.3 is 49.3 Å². The number of hydrogen-bond acceptors (Lipinski definition) is 10. The van der Waals surface area contributed by atoms with Crippen LogP contribution in [0.15, 0.2) is 30.5 Å². The topological polar surface area (TPSA) is 193 Å². The number of halogens is 1. The maximum Gasteiger partial charge on any atom is 0.407 e. The van der Waals surface area contributed by atoms with Gasteiger partial charge in [-0.2, -0.15) is 0 Å². The second kappa shape index (κ2) is 16.1. The summed E-state index contributed by atoms with van der Waals surface area (Å²) in [4.78, 5) is 71.4. The van der Waals surface area contributed by atoms with E-state index in [4.69, 9.17) is 40.5 Å². The number of alkyl carbamates (subject to hydrolysis) is 2. The molecule has 2 saturated heterocycles. The van der Waals surface area contributed by atoms with E-state index in [9.17, 15) is 19.2 Å². The predicted octanol–water partition coefficient (Wildman–Crippen LogP) is 6.66. The number of nitrogens with one attached hydrogen (secondary N) is 4. The molecule has 0 spiro atoms. The van der Waals surface area contributed by atoms with Crippen LogP contribution in [0.1, 0.15) is 88.2 Å². The Morgan fingerprint density at radius 2 is 1.27 bits per heavy atom. The number of aromatic nitrogens is 4. The molecule has 1 unspecified atom stereocenters. The van der Waals surface area contributed by atoms with Gasteiger partial charge in [-0.25, -0.2) is 19.6 Å².